The summed E-state index contributed by atoms with van der Waals surface area (Å²) in [6.45, 7) is 0. The second-order valence-electron chi connectivity index (χ2n) is 5.15. The molecule has 2 bridgehead atoms. The van der Waals surface area contributed by atoms with Gasteiger partial charge in [0.05, 0.1) is 13.0 Å². The summed E-state index contributed by atoms with van der Waals surface area (Å²) < 4.78 is 4.90. The van der Waals surface area contributed by atoms with Crippen LogP contribution in [-0.4, -0.2) is 19.1 Å². The zero-order chi connectivity index (χ0) is 10.6. The molecule has 0 radical (unpaired) electrons. The Bertz CT molecular complexity index is 296. The van der Waals surface area contributed by atoms with Crippen molar-refractivity contribution in [1.82, 2.24) is 4.84 Å². The zero-order valence-electron chi connectivity index (χ0n) is 8.78. The number of hydrogen-bond donors (Lipinski definition) is 1. The first-order chi connectivity index (χ1) is 7.27. The highest BCUT2D eigenvalue weighted by Crippen LogP contribution is 2.64. The smallest absolute Gasteiger partial charge is 0.310 e. The van der Waals surface area contributed by atoms with Crippen LogP contribution in [0.2, 0.25) is 0 Å². The molecule has 4 fully saturated rings. The number of carbonyl (C=O) groups excluding carboxylic acids is 1. The molecule has 1 N–H and O–H groups in total. The second-order valence-corrected chi connectivity index (χ2v) is 5.37. The van der Waals surface area contributed by atoms with Crippen LogP contribution in [0.5, 0.6) is 0 Å². The highest BCUT2D eigenvalue weighted by atomic mass is 35.5. The predicted molar refractivity (Wildman–Crippen MR) is 56.1 cm³/mol. The fraction of sp³-hybridized carbons (Fsp3) is 0.909. The van der Waals surface area contributed by atoms with Crippen molar-refractivity contribution in [3.63, 3.8) is 0 Å². The first-order valence-corrected chi connectivity index (χ1v) is 6.09. The van der Waals surface area contributed by atoms with E-state index < -0.39 is 0 Å². The van der Waals surface area contributed by atoms with Crippen molar-refractivity contribution < 1.29 is 9.53 Å². The van der Waals surface area contributed by atoms with Gasteiger partial charge in [0.15, 0.2) is 0 Å². The maximum Gasteiger partial charge on any atom is 0.310 e. The maximum absolute atomic E-state index is 11.8. The van der Waals surface area contributed by atoms with Crippen LogP contribution in [0.4, 0.5) is 0 Å². The van der Waals surface area contributed by atoms with E-state index in [1.54, 1.807) is 0 Å². The molecule has 84 valence electrons. The fourth-order valence-corrected chi connectivity index (χ4v) is 4.36. The van der Waals surface area contributed by atoms with Crippen LogP contribution in [0.3, 0.4) is 0 Å². The predicted octanol–water partition coefficient (Wildman–Crippen LogP) is 1.56. The quantitative estimate of drug-likeness (QED) is 0.577. The van der Waals surface area contributed by atoms with Crippen LogP contribution < -0.4 is 4.84 Å². The van der Waals surface area contributed by atoms with E-state index in [9.17, 15) is 4.79 Å². The molecule has 4 aliphatic rings. The lowest BCUT2D eigenvalue weighted by atomic mass is 9.62. The van der Waals surface area contributed by atoms with Gasteiger partial charge < -0.3 is 4.74 Å². The fourth-order valence-electron chi connectivity index (χ4n) is 4.06. The molecule has 3 nitrogen and oxygen atoms in total. The Hall–Kier alpha value is -0.280. The molecular weight excluding hydrogens is 214 g/mol. The SMILES string of the molecule is COC(=O)[C@H]1C2CCC(C3CC32)[C@H]1NCl. The van der Waals surface area contributed by atoms with Crippen LogP contribution in [-0.2, 0) is 9.53 Å². The third-order valence-electron chi connectivity index (χ3n) is 4.73. The zero-order valence-corrected chi connectivity index (χ0v) is 9.54. The number of rotatable bonds is 2. The van der Waals surface area contributed by atoms with Crippen LogP contribution in [0.15, 0.2) is 0 Å². The summed E-state index contributed by atoms with van der Waals surface area (Å²) >= 11 is 5.80. The third kappa shape index (κ3) is 1.26. The minimum absolute atomic E-state index is 0.00463. The Balaban J connectivity index is 1.88. The summed E-state index contributed by atoms with van der Waals surface area (Å²) in [7, 11) is 1.47. The first kappa shape index (κ1) is 9.91. The molecule has 0 saturated heterocycles. The van der Waals surface area contributed by atoms with Gasteiger partial charge in [-0.25, -0.2) is 4.84 Å². The molecule has 4 aliphatic carbocycles. The number of hydrogen-bond acceptors (Lipinski definition) is 3. The molecule has 0 spiro atoms. The Morgan fingerprint density at radius 1 is 1.27 bits per heavy atom. The number of halogens is 1. The molecule has 4 saturated carbocycles. The average Bonchev–Trinajstić information content (AvgIpc) is 3.08. The molecule has 0 heterocycles. The topological polar surface area (TPSA) is 38.3 Å². The van der Waals surface area contributed by atoms with E-state index in [4.69, 9.17) is 16.5 Å². The number of carbonyl (C=O) groups is 1. The number of fused-ring (bicyclic) bond motifs is 2. The van der Waals surface area contributed by atoms with E-state index in [-0.39, 0.29) is 17.9 Å². The molecule has 0 aromatic heterocycles. The van der Waals surface area contributed by atoms with Gasteiger partial charge in [-0.2, -0.15) is 0 Å². The minimum Gasteiger partial charge on any atom is -0.469 e. The van der Waals surface area contributed by atoms with Crippen LogP contribution in [0.25, 0.3) is 0 Å². The number of nitrogens with one attached hydrogen (secondary N) is 1. The van der Waals surface area contributed by atoms with Gasteiger partial charge in [0, 0.05) is 6.04 Å². The van der Waals surface area contributed by atoms with E-state index in [1.807, 2.05) is 0 Å². The molecule has 4 rings (SSSR count). The van der Waals surface area contributed by atoms with E-state index in [1.165, 1.54) is 26.4 Å². The van der Waals surface area contributed by atoms with Gasteiger partial charge in [-0.3, -0.25) is 4.79 Å². The molecule has 15 heavy (non-hydrogen) atoms. The highest BCUT2D eigenvalue weighted by molar-refractivity contribution is 6.13. The lowest BCUT2D eigenvalue weighted by Crippen LogP contribution is -2.53. The summed E-state index contributed by atoms with van der Waals surface area (Å²) in [6, 6.07) is 0.140. The van der Waals surface area contributed by atoms with Gasteiger partial charge in [-0.1, -0.05) is 0 Å². The van der Waals surface area contributed by atoms with Crippen molar-refractivity contribution in [2.24, 2.45) is 29.6 Å². The Kier molecular flexibility index (Phi) is 2.22. The summed E-state index contributed by atoms with van der Waals surface area (Å²) in [4.78, 5) is 14.6. The Morgan fingerprint density at radius 2 is 1.93 bits per heavy atom. The molecule has 0 aliphatic heterocycles. The van der Waals surface area contributed by atoms with Crippen molar-refractivity contribution in [3.8, 4) is 0 Å². The van der Waals surface area contributed by atoms with Crippen molar-refractivity contribution in [2.75, 3.05) is 7.11 Å². The third-order valence-corrected chi connectivity index (χ3v) is 4.99. The summed E-state index contributed by atoms with van der Waals surface area (Å²) in [5, 5.41) is 0. The average molecular weight is 230 g/mol. The lowest BCUT2D eigenvalue weighted by molar-refractivity contribution is -0.153. The van der Waals surface area contributed by atoms with Gasteiger partial charge in [0.25, 0.3) is 0 Å². The van der Waals surface area contributed by atoms with E-state index >= 15 is 0 Å². The van der Waals surface area contributed by atoms with E-state index in [0.29, 0.717) is 11.8 Å². The molecule has 6 atom stereocenters. The number of ether oxygens (including phenoxy) is 1. The second kappa shape index (κ2) is 3.36. The normalized spacial score (nSPS) is 51.1. The van der Waals surface area contributed by atoms with Crippen molar-refractivity contribution in [3.05, 3.63) is 0 Å². The van der Waals surface area contributed by atoms with Gasteiger partial charge in [-0.05, 0) is 54.7 Å². The van der Waals surface area contributed by atoms with Crippen molar-refractivity contribution in [2.45, 2.75) is 25.3 Å². The number of methoxy groups -OCH3 is 1. The van der Waals surface area contributed by atoms with Gasteiger partial charge in [0.2, 0.25) is 0 Å². The molecular formula is C11H16ClNO2. The molecule has 0 aromatic rings. The standard InChI is InChI=1S/C11H16ClNO2/c1-15-11(14)9-5-2-3-6(10(9)13-12)8-4-7(5)8/h5-10,13H,2-4H2,1H3/t5?,6?,7?,8?,9-,10+/m0/s1. The molecule has 0 aromatic carbocycles. The van der Waals surface area contributed by atoms with Crippen LogP contribution >= 0.6 is 11.8 Å². The van der Waals surface area contributed by atoms with Gasteiger partial charge in [-0.15, -0.1) is 0 Å². The van der Waals surface area contributed by atoms with Crippen molar-refractivity contribution in [1.29, 1.82) is 0 Å². The Labute approximate surface area is 94.6 Å². The number of esters is 1. The minimum atomic E-state index is -0.0757. The molecule has 0 amide bonds. The van der Waals surface area contributed by atoms with Crippen LogP contribution in [0, 0.1) is 29.6 Å². The van der Waals surface area contributed by atoms with E-state index in [2.05, 4.69) is 4.84 Å². The van der Waals surface area contributed by atoms with Gasteiger partial charge >= 0.3 is 5.97 Å². The van der Waals surface area contributed by atoms with E-state index in [0.717, 1.165) is 11.8 Å². The Morgan fingerprint density at radius 3 is 2.60 bits per heavy atom. The maximum atomic E-state index is 11.8. The summed E-state index contributed by atoms with van der Waals surface area (Å²) in [6.07, 6.45) is 3.71. The highest BCUT2D eigenvalue weighted by Gasteiger charge is 2.63. The monoisotopic (exact) mass is 229 g/mol. The van der Waals surface area contributed by atoms with Crippen molar-refractivity contribution >= 4 is 17.7 Å². The first-order valence-electron chi connectivity index (χ1n) is 5.72. The van der Waals surface area contributed by atoms with Crippen LogP contribution in [0.1, 0.15) is 19.3 Å². The molecule has 4 unspecified atom stereocenters. The molecule has 4 heteroatoms. The van der Waals surface area contributed by atoms with Gasteiger partial charge in [0.1, 0.15) is 0 Å². The largest absolute Gasteiger partial charge is 0.469 e. The summed E-state index contributed by atoms with van der Waals surface area (Å²) in [5.74, 6) is 2.66. The summed E-state index contributed by atoms with van der Waals surface area (Å²) in [5.41, 5.74) is 0. The lowest BCUT2D eigenvalue weighted by Gasteiger charge is -2.46.